The Morgan fingerprint density at radius 2 is 2.54 bits per heavy atom. The van der Waals surface area contributed by atoms with Gasteiger partial charge < -0.3 is 11.1 Å². The van der Waals surface area contributed by atoms with Crippen LogP contribution in [-0.4, -0.2) is 19.0 Å². The Morgan fingerprint density at radius 1 is 1.77 bits per heavy atom. The van der Waals surface area contributed by atoms with Gasteiger partial charge in [0.2, 0.25) is 5.91 Å². The molecule has 72 valence electrons. The van der Waals surface area contributed by atoms with Crippen molar-refractivity contribution >= 4 is 5.91 Å². The molecule has 0 saturated carbocycles. The number of nitrogens with two attached hydrogens (primary N) is 1. The summed E-state index contributed by atoms with van der Waals surface area (Å²) >= 11 is 0. The summed E-state index contributed by atoms with van der Waals surface area (Å²) in [5.41, 5.74) is 6.31. The van der Waals surface area contributed by atoms with Gasteiger partial charge in [0.25, 0.3) is 0 Å². The number of amides is 1. The Hall–Kier alpha value is -1.09. The topological polar surface area (TPSA) is 55.1 Å². The van der Waals surface area contributed by atoms with E-state index in [0.717, 1.165) is 13.0 Å². The maximum atomic E-state index is 10.4. The van der Waals surface area contributed by atoms with Crippen LogP contribution in [0.4, 0.5) is 0 Å². The second-order valence-electron chi connectivity index (χ2n) is 3.40. The molecule has 1 amide bonds. The first-order valence-corrected chi connectivity index (χ1v) is 4.52. The van der Waals surface area contributed by atoms with Gasteiger partial charge in [0.1, 0.15) is 0 Å². The Bertz CT molecular complexity index is 243. The third-order valence-corrected chi connectivity index (χ3v) is 2.08. The highest BCUT2D eigenvalue weighted by Gasteiger charge is 2.06. The highest BCUT2D eigenvalue weighted by Crippen LogP contribution is 2.14. The lowest BCUT2D eigenvalue weighted by molar-refractivity contribution is -0.117. The lowest BCUT2D eigenvalue weighted by Gasteiger charge is -2.14. The monoisotopic (exact) mass is 180 g/mol. The number of allylic oxidation sites excluding steroid dienone is 3. The van der Waals surface area contributed by atoms with Gasteiger partial charge in [0.05, 0.1) is 6.54 Å². The largest absolute Gasteiger partial charge is 0.369 e. The van der Waals surface area contributed by atoms with Crippen LogP contribution in [-0.2, 0) is 4.79 Å². The average Bonchev–Trinajstić information content (AvgIpc) is 2.08. The minimum absolute atomic E-state index is 0.271. The van der Waals surface area contributed by atoms with Gasteiger partial charge >= 0.3 is 0 Å². The predicted octanol–water partition coefficient (Wildman–Crippen LogP) is 0.584. The number of carbonyl (C=O) groups excluding carboxylic acids is 1. The van der Waals surface area contributed by atoms with Gasteiger partial charge in [-0.3, -0.25) is 4.79 Å². The normalized spacial score (nSPS) is 21.3. The Kier molecular flexibility index (Phi) is 3.71. The summed E-state index contributed by atoms with van der Waals surface area (Å²) in [5, 5.41) is 3.01. The van der Waals surface area contributed by atoms with Gasteiger partial charge in [-0.25, -0.2) is 0 Å². The van der Waals surface area contributed by atoms with Crippen molar-refractivity contribution in [3.8, 4) is 0 Å². The van der Waals surface area contributed by atoms with E-state index in [2.05, 4.69) is 30.5 Å². The molecule has 0 heterocycles. The molecule has 0 aromatic rings. The minimum atomic E-state index is -0.300. The van der Waals surface area contributed by atoms with Crippen LogP contribution in [0.3, 0.4) is 0 Å². The molecule has 3 nitrogen and oxygen atoms in total. The predicted molar refractivity (Wildman–Crippen MR) is 53.1 cm³/mol. The van der Waals surface area contributed by atoms with Crippen LogP contribution in [0, 0.1) is 5.92 Å². The number of hydrogen-bond donors (Lipinski definition) is 2. The number of hydrogen-bond acceptors (Lipinski definition) is 2. The van der Waals surface area contributed by atoms with Gasteiger partial charge in [-0.15, -0.1) is 0 Å². The number of carbonyl (C=O) groups is 1. The van der Waals surface area contributed by atoms with E-state index >= 15 is 0 Å². The van der Waals surface area contributed by atoms with Crippen molar-refractivity contribution < 1.29 is 4.79 Å². The van der Waals surface area contributed by atoms with Gasteiger partial charge in [0.15, 0.2) is 0 Å². The molecule has 0 fully saturated rings. The molecule has 13 heavy (non-hydrogen) atoms. The van der Waals surface area contributed by atoms with E-state index in [1.54, 1.807) is 0 Å². The van der Waals surface area contributed by atoms with Gasteiger partial charge in [-0.2, -0.15) is 0 Å². The summed E-state index contributed by atoms with van der Waals surface area (Å²) in [6, 6.07) is 0. The van der Waals surface area contributed by atoms with E-state index in [4.69, 9.17) is 5.73 Å². The molecule has 0 radical (unpaired) electrons. The SMILES string of the molecule is CC1=CCC(CNCC(N)=O)C=C1. The van der Waals surface area contributed by atoms with Crippen LogP contribution in [0.15, 0.2) is 23.8 Å². The first kappa shape index (κ1) is 9.99. The van der Waals surface area contributed by atoms with Crippen molar-refractivity contribution in [2.24, 2.45) is 11.7 Å². The lowest BCUT2D eigenvalue weighted by Crippen LogP contribution is -2.31. The van der Waals surface area contributed by atoms with Crippen LogP contribution in [0.25, 0.3) is 0 Å². The van der Waals surface area contributed by atoms with Crippen LogP contribution >= 0.6 is 0 Å². The molecule has 3 N–H and O–H groups in total. The van der Waals surface area contributed by atoms with Gasteiger partial charge in [-0.1, -0.05) is 23.8 Å². The quantitative estimate of drug-likeness (QED) is 0.665. The fourth-order valence-electron chi connectivity index (χ4n) is 1.30. The van der Waals surface area contributed by atoms with Crippen molar-refractivity contribution in [2.75, 3.05) is 13.1 Å². The molecule has 0 saturated heterocycles. The van der Waals surface area contributed by atoms with E-state index < -0.39 is 0 Å². The number of nitrogens with one attached hydrogen (secondary N) is 1. The van der Waals surface area contributed by atoms with Gasteiger partial charge in [-0.05, 0) is 19.3 Å². The Morgan fingerprint density at radius 3 is 3.08 bits per heavy atom. The number of rotatable bonds is 4. The standard InChI is InChI=1S/C10H16N2O/c1-8-2-4-9(5-3-8)6-12-7-10(11)13/h2-4,9,12H,5-7H2,1H3,(H2,11,13). The fourth-order valence-corrected chi connectivity index (χ4v) is 1.30. The fraction of sp³-hybridized carbons (Fsp3) is 0.500. The van der Waals surface area contributed by atoms with E-state index in [1.165, 1.54) is 5.57 Å². The summed E-state index contributed by atoms with van der Waals surface area (Å²) in [6.45, 7) is 3.18. The van der Waals surface area contributed by atoms with Crippen molar-refractivity contribution in [3.05, 3.63) is 23.8 Å². The van der Waals surface area contributed by atoms with E-state index in [-0.39, 0.29) is 12.5 Å². The molecule has 1 aliphatic rings. The van der Waals surface area contributed by atoms with Crippen molar-refractivity contribution in [3.63, 3.8) is 0 Å². The Balaban J connectivity index is 2.18. The zero-order valence-electron chi connectivity index (χ0n) is 7.92. The molecule has 0 aromatic heterocycles. The maximum Gasteiger partial charge on any atom is 0.231 e. The highest BCUT2D eigenvalue weighted by molar-refractivity contribution is 5.75. The summed E-state index contributed by atoms with van der Waals surface area (Å²) in [6.07, 6.45) is 7.54. The summed E-state index contributed by atoms with van der Waals surface area (Å²) < 4.78 is 0. The second-order valence-corrected chi connectivity index (χ2v) is 3.40. The van der Waals surface area contributed by atoms with Crippen LogP contribution in [0.1, 0.15) is 13.3 Å². The molecule has 1 atom stereocenters. The Labute approximate surface area is 78.7 Å². The summed E-state index contributed by atoms with van der Waals surface area (Å²) in [7, 11) is 0. The van der Waals surface area contributed by atoms with Crippen LogP contribution in [0.5, 0.6) is 0 Å². The molecule has 0 aliphatic heterocycles. The van der Waals surface area contributed by atoms with E-state index in [9.17, 15) is 4.79 Å². The second kappa shape index (κ2) is 4.82. The van der Waals surface area contributed by atoms with E-state index in [1.807, 2.05) is 0 Å². The molecule has 3 heteroatoms. The number of primary amides is 1. The average molecular weight is 180 g/mol. The van der Waals surface area contributed by atoms with E-state index in [0.29, 0.717) is 5.92 Å². The third-order valence-electron chi connectivity index (χ3n) is 2.08. The van der Waals surface area contributed by atoms with Gasteiger partial charge in [0, 0.05) is 6.54 Å². The minimum Gasteiger partial charge on any atom is -0.369 e. The first-order chi connectivity index (χ1) is 6.18. The first-order valence-electron chi connectivity index (χ1n) is 4.52. The van der Waals surface area contributed by atoms with Crippen LogP contribution in [0.2, 0.25) is 0 Å². The zero-order valence-corrected chi connectivity index (χ0v) is 7.92. The molecule has 1 rings (SSSR count). The molecule has 0 spiro atoms. The molecular formula is C10H16N2O. The van der Waals surface area contributed by atoms with Crippen molar-refractivity contribution in [1.82, 2.24) is 5.32 Å². The zero-order chi connectivity index (χ0) is 9.68. The van der Waals surface area contributed by atoms with Crippen molar-refractivity contribution in [2.45, 2.75) is 13.3 Å². The molecule has 1 aliphatic carbocycles. The lowest BCUT2D eigenvalue weighted by atomic mass is 9.97. The summed E-state index contributed by atoms with van der Waals surface area (Å²) in [5.74, 6) is 0.203. The molecule has 1 unspecified atom stereocenters. The van der Waals surface area contributed by atoms with Crippen LogP contribution < -0.4 is 11.1 Å². The highest BCUT2D eigenvalue weighted by atomic mass is 16.1. The molecule has 0 bridgehead atoms. The molecule has 0 aromatic carbocycles. The summed E-state index contributed by atoms with van der Waals surface area (Å²) in [4.78, 5) is 10.4. The molecular weight excluding hydrogens is 164 g/mol. The smallest absolute Gasteiger partial charge is 0.231 e. The maximum absolute atomic E-state index is 10.4. The third kappa shape index (κ3) is 3.90. The van der Waals surface area contributed by atoms with Crippen molar-refractivity contribution in [1.29, 1.82) is 0 Å².